The average Bonchev–Trinajstić information content (AvgIpc) is 4.01. The zero-order valence-corrected chi connectivity index (χ0v) is 33.3. The minimum Gasteiger partial charge on any atom is -0.444 e. The molecule has 1 aromatic carbocycles. The van der Waals surface area contributed by atoms with Gasteiger partial charge in [-0.15, -0.1) is 23.1 Å². The average molecular weight is 782 g/mol. The highest BCUT2D eigenvalue weighted by Gasteiger charge is 2.30. The summed E-state index contributed by atoms with van der Waals surface area (Å²) in [4.78, 5) is 43.6. The first-order valence-electron chi connectivity index (χ1n) is 18.1. The van der Waals surface area contributed by atoms with Crippen molar-refractivity contribution in [3.63, 3.8) is 0 Å². The molecular weight excluding hydrogens is 739 g/mol. The number of benzene rings is 1. The molecule has 5 aromatic rings. The summed E-state index contributed by atoms with van der Waals surface area (Å²) in [5.41, 5.74) is 4.47. The molecule has 2 aliphatic rings. The van der Waals surface area contributed by atoms with Crippen LogP contribution in [0.2, 0.25) is 0 Å². The zero-order valence-electron chi connectivity index (χ0n) is 30.8. The predicted molar refractivity (Wildman–Crippen MR) is 212 cm³/mol. The Kier molecular flexibility index (Phi) is 11.4. The van der Waals surface area contributed by atoms with E-state index in [0.29, 0.717) is 34.7 Å². The van der Waals surface area contributed by atoms with Gasteiger partial charge in [-0.3, -0.25) is 14.3 Å². The van der Waals surface area contributed by atoms with Crippen molar-refractivity contribution in [1.82, 2.24) is 34.5 Å². The third-order valence-corrected chi connectivity index (χ3v) is 12.7. The standard InChI is InChI=1S/C39H43N9O3S3/c1-25-31-6-5-27(17-28(31)9-13-48(25)37(50)29(19-40)18-34-41-10-16-52-34)30-20-44-47(23-30)15-14-46-11-7-26(8-12-46)36(49)45-38-43-22-35(54-38)53-24-33-42-21-32(51-33)39(2,3)4/h5-6,10,16-18,20-23,25-26H,7-9,11-15,24H2,1-4H3,(H,43,45,49)/b29-18+. The van der Waals surface area contributed by atoms with Crippen molar-refractivity contribution in [2.75, 3.05) is 31.5 Å². The fraction of sp³-hybridized carbons (Fsp3) is 0.410. The molecule has 54 heavy (non-hydrogen) atoms. The van der Waals surface area contributed by atoms with Gasteiger partial charge in [0.25, 0.3) is 5.91 Å². The number of amides is 2. The smallest absolute Gasteiger partial charge is 0.265 e. The van der Waals surface area contributed by atoms with Gasteiger partial charge in [-0.05, 0) is 62.0 Å². The maximum absolute atomic E-state index is 13.3. The number of hydrogen-bond donors (Lipinski definition) is 1. The Balaban J connectivity index is 0.858. The van der Waals surface area contributed by atoms with Crippen LogP contribution in [0.5, 0.6) is 0 Å². The molecular formula is C39H43N9O3S3. The Labute approximate surface area is 327 Å². The van der Waals surface area contributed by atoms with E-state index < -0.39 is 0 Å². The lowest BCUT2D eigenvalue weighted by molar-refractivity contribution is -0.129. The molecule has 280 valence electrons. The number of thiazole rings is 2. The molecule has 0 aliphatic carbocycles. The van der Waals surface area contributed by atoms with E-state index in [2.05, 4.69) is 81.5 Å². The van der Waals surface area contributed by atoms with Crippen LogP contribution in [0, 0.1) is 17.2 Å². The van der Waals surface area contributed by atoms with Crippen molar-refractivity contribution >= 4 is 57.5 Å². The fourth-order valence-electron chi connectivity index (χ4n) is 6.76. The van der Waals surface area contributed by atoms with Gasteiger partial charge in [0.2, 0.25) is 11.8 Å². The van der Waals surface area contributed by atoms with Crippen LogP contribution in [-0.4, -0.2) is 72.5 Å². The van der Waals surface area contributed by atoms with Gasteiger partial charge in [0.1, 0.15) is 22.4 Å². The summed E-state index contributed by atoms with van der Waals surface area (Å²) >= 11 is 4.48. The van der Waals surface area contributed by atoms with E-state index in [1.165, 1.54) is 28.2 Å². The molecule has 1 saturated heterocycles. The van der Waals surface area contributed by atoms with Crippen molar-refractivity contribution in [2.24, 2.45) is 5.92 Å². The second kappa shape index (κ2) is 16.4. The number of likely N-dealkylation sites (tertiary alicyclic amines) is 1. The summed E-state index contributed by atoms with van der Waals surface area (Å²) in [6.45, 7) is 12.2. The van der Waals surface area contributed by atoms with Crippen molar-refractivity contribution in [3.05, 3.63) is 87.9 Å². The highest BCUT2D eigenvalue weighted by molar-refractivity contribution is 8.00. The van der Waals surface area contributed by atoms with Crippen molar-refractivity contribution in [2.45, 2.75) is 74.9 Å². The number of anilines is 1. The monoisotopic (exact) mass is 781 g/mol. The SMILES string of the molecule is CC1c2ccc(-c3cnn(CCN4CCC(C(=O)Nc5ncc(SCc6ncc(C(C)(C)C)o6)s5)CC4)c3)cc2CCN1C(=O)/C(C#N)=C/c1nccs1. The molecule has 7 rings (SSSR count). The Morgan fingerprint density at radius 1 is 1.09 bits per heavy atom. The molecule has 4 aromatic heterocycles. The van der Waals surface area contributed by atoms with Crippen LogP contribution < -0.4 is 5.32 Å². The molecule has 1 unspecified atom stereocenters. The number of carbonyl (C=O) groups is 2. The Bertz CT molecular complexity index is 2160. The van der Waals surface area contributed by atoms with Gasteiger partial charge in [0, 0.05) is 47.8 Å². The van der Waals surface area contributed by atoms with Crippen LogP contribution in [0.15, 0.2) is 68.8 Å². The third kappa shape index (κ3) is 8.84. The highest BCUT2D eigenvalue weighted by atomic mass is 32.2. The van der Waals surface area contributed by atoms with Gasteiger partial charge in [0.15, 0.2) is 5.13 Å². The molecule has 1 fully saturated rings. The maximum atomic E-state index is 13.3. The Hall–Kier alpha value is -4.62. The van der Waals surface area contributed by atoms with Gasteiger partial charge < -0.3 is 19.5 Å². The molecule has 12 nitrogen and oxygen atoms in total. The molecule has 2 aliphatic heterocycles. The second-order valence-corrected chi connectivity index (χ2v) is 17.8. The van der Waals surface area contributed by atoms with Gasteiger partial charge in [0.05, 0.1) is 41.1 Å². The lowest BCUT2D eigenvalue weighted by atomic mass is 9.90. The number of thioether (sulfide) groups is 1. The number of carbonyl (C=O) groups excluding carboxylic acids is 2. The minimum atomic E-state index is -0.265. The number of piperidine rings is 1. The van der Waals surface area contributed by atoms with Crippen molar-refractivity contribution in [1.29, 1.82) is 5.26 Å². The van der Waals surface area contributed by atoms with Gasteiger partial charge in [-0.2, -0.15) is 10.4 Å². The summed E-state index contributed by atoms with van der Waals surface area (Å²) < 4.78 is 8.88. The minimum absolute atomic E-state index is 0.0361. The second-order valence-electron chi connectivity index (χ2n) is 14.6. The normalized spacial score (nSPS) is 17.0. The summed E-state index contributed by atoms with van der Waals surface area (Å²) in [7, 11) is 0. The number of fused-ring (bicyclic) bond motifs is 1. The summed E-state index contributed by atoms with van der Waals surface area (Å²) in [6, 6.07) is 8.31. The third-order valence-electron chi connectivity index (χ3n) is 9.93. The van der Waals surface area contributed by atoms with E-state index in [4.69, 9.17) is 4.42 Å². The first kappa shape index (κ1) is 37.7. The number of oxazole rings is 1. The van der Waals surface area contributed by atoms with E-state index in [1.807, 2.05) is 23.2 Å². The van der Waals surface area contributed by atoms with E-state index in [1.54, 1.807) is 41.3 Å². The van der Waals surface area contributed by atoms with Gasteiger partial charge >= 0.3 is 0 Å². The molecule has 6 heterocycles. The van der Waals surface area contributed by atoms with Crippen LogP contribution in [0.4, 0.5) is 5.13 Å². The number of nitrogens with one attached hydrogen (secondary N) is 1. The van der Waals surface area contributed by atoms with Crippen LogP contribution >= 0.6 is 34.4 Å². The van der Waals surface area contributed by atoms with E-state index in [-0.39, 0.29) is 34.8 Å². The Morgan fingerprint density at radius 2 is 1.93 bits per heavy atom. The number of hydrogen-bond acceptors (Lipinski definition) is 12. The summed E-state index contributed by atoms with van der Waals surface area (Å²) in [6.07, 6.45) is 13.1. The highest BCUT2D eigenvalue weighted by Crippen LogP contribution is 2.35. The fourth-order valence-corrected chi connectivity index (χ4v) is 9.06. The lowest BCUT2D eigenvalue weighted by Crippen LogP contribution is -2.39. The van der Waals surface area contributed by atoms with E-state index in [9.17, 15) is 14.9 Å². The predicted octanol–water partition coefficient (Wildman–Crippen LogP) is 7.44. The van der Waals surface area contributed by atoms with Gasteiger partial charge in [-0.25, -0.2) is 15.0 Å². The molecule has 1 atom stereocenters. The van der Waals surface area contributed by atoms with E-state index >= 15 is 0 Å². The number of nitrogens with zero attached hydrogens (tertiary/aromatic N) is 8. The van der Waals surface area contributed by atoms with Crippen LogP contribution in [-0.2, 0) is 33.7 Å². The summed E-state index contributed by atoms with van der Waals surface area (Å²) in [5, 5.41) is 20.5. The van der Waals surface area contributed by atoms with Crippen LogP contribution in [0.3, 0.4) is 0 Å². The number of aromatic nitrogens is 5. The lowest BCUT2D eigenvalue weighted by Gasteiger charge is -2.35. The van der Waals surface area contributed by atoms with Crippen molar-refractivity contribution < 1.29 is 14.0 Å². The maximum Gasteiger partial charge on any atom is 0.265 e. The molecule has 0 bridgehead atoms. The molecule has 1 N–H and O–H groups in total. The molecule has 0 spiro atoms. The molecule has 0 saturated carbocycles. The molecule has 15 heteroatoms. The summed E-state index contributed by atoms with van der Waals surface area (Å²) in [5.74, 6) is 1.90. The van der Waals surface area contributed by atoms with Crippen molar-refractivity contribution in [3.8, 4) is 17.2 Å². The van der Waals surface area contributed by atoms with Crippen LogP contribution in [0.25, 0.3) is 17.2 Å². The largest absolute Gasteiger partial charge is 0.444 e. The van der Waals surface area contributed by atoms with Gasteiger partial charge in [-0.1, -0.05) is 50.3 Å². The first-order chi connectivity index (χ1) is 26.0. The Morgan fingerprint density at radius 3 is 2.67 bits per heavy atom. The molecule has 2 amide bonds. The zero-order chi connectivity index (χ0) is 37.8. The van der Waals surface area contributed by atoms with E-state index in [0.717, 1.165) is 65.7 Å². The molecule has 0 radical (unpaired) electrons. The number of nitriles is 1. The first-order valence-corrected chi connectivity index (χ1v) is 20.8. The number of rotatable bonds is 11. The topological polar surface area (TPSA) is 146 Å². The quantitative estimate of drug-likeness (QED) is 0.0815. The van der Waals surface area contributed by atoms with Crippen LogP contribution in [0.1, 0.15) is 74.4 Å².